The number of urea groups is 1. The van der Waals surface area contributed by atoms with Gasteiger partial charge < -0.3 is 5.32 Å². The Kier molecular flexibility index (Phi) is 2.90. The third-order valence-corrected chi connectivity index (χ3v) is 1.10. The average molecular weight is 183 g/mol. The molecule has 0 radical (unpaired) electrons. The van der Waals surface area contributed by atoms with Gasteiger partial charge in [-0.2, -0.15) is 9.90 Å². The Morgan fingerprint density at radius 2 is 2.46 bits per heavy atom. The van der Waals surface area contributed by atoms with Gasteiger partial charge >= 0.3 is 6.03 Å². The fourth-order valence-electron chi connectivity index (χ4n) is 0.555. The predicted molar refractivity (Wildman–Crippen MR) is 44.0 cm³/mol. The van der Waals surface area contributed by atoms with Gasteiger partial charge in [0, 0.05) is 7.05 Å². The van der Waals surface area contributed by atoms with E-state index in [0.717, 1.165) is 0 Å². The molecule has 0 spiro atoms. The van der Waals surface area contributed by atoms with Gasteiger partial charge in [0.15, 0.2) is 0 Å². The molecule has 1 heterocycles. The number of aromatic nitrogens is 4. The molecule has 2 N–H and O–H groups in total. The molecule has 0 bridgehead atoms. The van der Waals surface area contributed by atoms with E-state index in [1.807, 2.05) is 0 Å². The SMILES string of the molecule is CNC(=O)N/N=C/c1nnn(C)n1. The lowest BCUT2D eigenvalue weighted by Gasteiger charge is -1.93. The highest BCUT2D eigenvalue weighted by Crippen LogP contribution is 1.76. The first-order valence-corrected chi connectivity index (χ1v) is 3.47. The van der Waals surface area contributed by atoms with Crippen LogP contribution in [0.4, 0.5) is 4.79 Å². The van der Waals surface area contributed by atoms with E-state index in [4.69, 9.17) is 0 Å². The summed E-state index contributed by atoms with van der Waals surface area (Å²) in [5, 5.41) is 16.9. The number of hydrogen-bond donors (Lipinski definition) is 2. The molecular weight excluding hydrogens is 174 g/mol. The van der Waals surface area contributed by atoms with Crippen molar-refractivity contribution in [2.45, 2.75) is 0 Å². The quantitative estimate of drug-likeness (QED) is 0.429. The van der Waals surface area contributed by atoms with Crippen molar-refractivity contribution in [3.8, 4) is 0 Å². The highest BCUT2D eigenvalue weighted by molar-refractivity contribution is 5.78. The van der Waals surface area contributed by atoms with E-state index in [2.05, 4.69) is 31.3 Å². The van der Waals surface area contributed by atoms with Crippen molar-refractivity contribution in [3.05, 3.63) is 5.82 Å². The van der Waals surface area contributed by atoms with Gasteiger partial charge in [-0.1, -0.05) is 0 Å². The molecule has 8 heteroatoms. The van der Waals surface area contributed by atoms with Crippen molar-refractivity contribution in [1.29, 1.82) is 0 Å². The standard InChI is InChI=1S/C5H9N7O/c1-6-5(13)9-7-3-4-8-11-12(2)10-4/h3H,1-2H3,(H2,6,9,13)/b7-3+. The minimum Gasteiger partial charge on any atom is -0.340 e. The minimum atomic E-state index is -0.403. The zero-order valence-electron chi connectivity index (χ0n) is 7.22. The number of carbonyl (C=O) groups excluding carboxylic acids is 1. The maximum atomic E-state index is 10.6. The Morgan fingerprint density at radius 3 is 3.00 bits per heavy atom. The summed E-state index contributed by atoms with van der Waals surface area (Å²) in [6.07, 6.45) is 1.29. The molecule has 1 aromatic rings. The molecule has 1 rings (SSSR count). The van der Waals surface area contributed by atoms with Crippen molar-refractivity contribution >= 4 is 12.2 Å². The van der Waals surface area contributed by atoms with Gasteiger partial charge in [-0.3, -0.25) is 0 Å². The zero-order chi connectivity index (χ0) is 9.68. The summed E-state index contributed by atoms with van der Waals surface area (Å²) in [5.74, 6) is 0.332. The summed E-state index contributed by atoms with van der Waals surface area (Å²) in [6, 6.07) is -0.403. The number of nitrogens with zero attached hydrogens (tertiary/aromatic N) is 5. The van der Waals surface area contributed by atoms with Gasteiger partial charge in [0.25, 0.3) is 0 Å². The van der Waals surface area contributed by atoms with Gasteiger partial charge in [0.05, 0.1) is 13.3 Å². The van der Waals surface area contributed by atoms with Crippen LogP contribution < -0.4 is 10.7 Å². The van der Waals surface area contributed by atoms with Crippen LogP contribution in [0.2, 0.25) is 0 Å². The van der Waals surface area contributed by atoms with E-state index in [-0.39, 0.29) is 0 Å². The molecule has 0 aliphatic rings. The maximum absolute atomic E-state index is 10.6. The van der Waals surface area contributed by atoms with Gasteiger partial charge in [-0.25, -0.2) is 10.2 Å². The lowest BCUT2D eigenvalue weighted by Crippen LogP contribution is -2.28. The van der Waals surface area contributed by atoms with E-state index < -0.39 is 6.03 Å². The Balaban J connectivity index is 2.45. The van der Waals surface area contributed by atoms with Gasteiger partial charge in [0.1, 0.15) is 0 Å². The average Bonchev–Trinajstić information content (AvgIpc) is 2.51. The van der Waals surface area contributed by atoms with Crippen LogP contribution in [0, 0.1) is 0 Å². The molecule has 13 heavy (non-hydrogen) atoms. The van der Waals surface area contributed by atoms with Crippen LogP contribution in [0.1, 0.15) is 5.82 Å². The molecule has 8 nitrogen and oxygen atoms in total. The predicted octanol–water partition coefficient (Wildman–Crippen LogP) is -1.53. The summed E-state index contributed by atoms with van der Waals surface area (Å²) < 4.78 is 0. The van der Waals surface area contributed by atoms with Crippen LogP contribution in [0.25, 0.3) is 0 Å². The molecule has 2 amide bonds. The van der Waals surface area contributed by atoms with E-state index >= 15 is 0 Å². The minimum absolute atomic E-state index is 0.332. The Bertz CT molecular complexity index is 316. The molecular formula is C5H9N7O. The molecule has 0 aromatic carbocycles. The molecule has 0 aliphatic heterocycles. The van der Waals surface area contributed by atoms with Gasteiger partial charge in [0.2, 0.25) is 5.82 Å². The largest absolute Gasteiger partial charge is 0.340 e. The highest BCUT2D eigenvalue weighted by atomic mass is 16.2. The Labute approximate surface area is 74.0 Å². The van der Waals surface area contributed by atoms with Crippen LogP contribution in [-0.4, -0.2) is 39.5 Å². The maximum Gasteiger partial charge on any atom is 0.334 e. The second-order valence-electron chi connectivity index (χ2n) is 2.09. The third kappa shape index (κ3) is 2.85. The molecule has 0 saturated heterocycles. The fraction of sp³-hybridized carbons (Fsp3) is 0.400. The summed E-state index contributed by atoms with van der Waals surface area (Å²) in [7, 11) is 3.13. The van der Waals surface area contributed by atoms with Gasteiger partial charge in [-0.15, -0.1) is 10.2 Å². The zero-order valence-corrected chi connectivity index (χ0v) is 7.22. The topological polar surface area (TPSA) is 97.1 Å². The summed E-state index contributed by atoms with van der Waals surface area (Å²) in [4.78, 5) is 11.9. The van der Waals surface area contributed by atoms with Crippen molar-refractivity contribution < 1.29 is 4.79 Å². The normalized spacial score (nSPS) is 10.3. The van der Waals surface area contributed by atoms with Crippen molar-refractivity contribution in [2.75, 3.05) is 7.05 Å². The fourth-order valence-corrected chi connectivity index (χ4v) is 0.555. The summed E-state index contributed by atoms with van der Waals surface area (Å²) >= 11 is 0. The molecule has 0 saturated carbocycles. The number of tetrazole rings is 1. The lowest BCUT2D eigenvalue weighted by atomic mass is 10.7. The molecule has 0 atom stereocenters. The molecule has 0 fully saturated rings. The Hall–Kier alpha value is -1.99. The van der Waals surface area contributed by atoms with E-state index in [1.165, 1.54) is 18.1 Å². The number of nitrogens with one attached hydrogen (secondary N) is 2. The highest BCUT2D eigenvalue weighted by Gasteiger charge is 1.95. The molecule has 0 unspecified atom stereocenters. The molecule has 0 aliphatic carbocycles. The first-order valence-electron chi connectivity index (χ1n) is 3.47. The van der Waals surface area contributed by atoms with Crippen LogP contribution >= 0.6 is 0 Å². The van der Waals surface area contributed by atoms with Crippen molar-refractivity contribution in [3.63, 3.8) is 0 Å². The number of hydrogen-bond acceptors (Lipinski definition) is 5. The monoisotopic (exact) mass is 183 g/mol. The first kappa shape index (κ1) is 9.10. The first-order chi connectivity index (χ1) is 6.22. The Morgan fingerprint density at radius 1 is 1.69 bits per heavy atom. The van der Waals surface area contributed by atoms with Gasteiger partial charge in [-0.05, 0) is 5.21 Å². The number of rotatable bonds is 2. The lowest BCUT2D eigenvalue weighted by molar-refractivity contribution is 0.243. The second kappa shape index (κ2) is 4.14. The van der Waals surface area contributed by atoms with E-state index in [0.29, 0.717) is 5.82 Å². The van der Waals surface area contributed by atoms with Crippen LogP contribution in [-0.2, 0) is 7.05 Å². The molecule has 70 valence electrons. The number of hydrazone groups is 1. The van der Waals surface area contributed by atoms with Crippen LogP contribution in [0.5, 0.6) is 0 Å². The second-order valence-corrected chi connectivity index (χ2v) is 2.09. The molecule has 1 aromatic heterocycles. The smallest absolute Gasteiger partial charge is 0.334 e. The van der Waals surface area contributed by atoms with Crippen LogP contribution in [0.15, 0.2) is 5.10 Å². The number of aryl methyl sites for hydroxylation is 1. The van der Waals surface area contributed by atoms with E-state index in [1.54, 1.807) is 7.05 Å². The summed E-state index contributed by atoms with van der Waals surface area (Å²) in [6.45, 7) is 0. The third-order valence-electron chi connectivity index (χ3n) is 1.10. The van der Waals surface area contributed by atoms with Crippen molar-refractivity contribution in [1.82, 2.24) is 30.9 Å². The number of amides is 2. The van der Waals surface area contributed by atoms with Crippen molar-refractivity contribution in [2.24, 2.45) is 12.1 Å². The number of carbonyl (C=O) groups is 1. The summed E-state index contributed by atoms with van der Waals surface area (Å²) in [5.41, 5.74) is 2.19. The van der Waals surface area contributed by atoms with E-state index in [9.17, 15) is 4.79 Å². The van der Waals surface area contributed by atoms with Crippen LogP contribution in [0.3, 0.4) is 0 Å².